The van der Waals surface area contributed by atoms with Gasteiger partial charge in [-0.15, -0.1) is 0 Å². The van der Waals surface area contributed by atoms with Crippen LogP contribution < -0.4 is 4.74 Å². The molecular formula is C29H35NO8S. The van der Waals surface area contributed by atoms with Gasteiger partial charge in [0.15, 0.2) is 11.5 Å². The van der Waals surface area contributed by atoms with Gasteiger partial charge in [-0.2, -0.15) is 0 Å². The summed E-state index contributed by atoms with van der Waals surface area (Å²) < 4.78 is 27.1. The third-order valence-electron chi connectivity index (χ3n) is 5.22. The number of benzene rings is 2. The van der Waals surface area contributed by atoms with Crippen molar-refractivity contribution >= 4 is 34.5 Å². The van der Waals surface area contributed by atoms with Gasteiger partial charge in [-0.1, -0.05) is 43.0 Å². The van der Waals surface area contributed by atoms with E-state index in [1.807, 2.05) is 18.2 Å². The van der Waals surface area contributed by atoms with Gasteiger partial charge in [0.05, 0.1) is 50.2 Å². The predicted molar refractivity (Wildman–Crippen MR) is 152 cm³/mol. The Labute approximate surface area is 233 Å². The molecule has 1 aliphatic rings. The van der Waals surface area contributed by atoms with E-state index in [0.717, 1.165) is 24.8 Å². The maximum atomic E-state index is 12.6. The third kappa shape index (κ3) is 9.74. The van der Waals surface area contributed by atoms with Crippen LogP contribution in [0.1, 0.15) is 25.8 Å². The van der Waals surface area contributed by atoms with Crippen molar-refractivity contribution in [1.82, 2.24) is 0 Å². The van der Waals surface area contributed by atoms with Gasteiger partial charge in [-0.05, 0) is 49.2 Å². The van der Waals surface area contributed by atoms with Gasteiger partial charge in [0, 0.05) is 6.61 Å². The molecule has 3 rings (SSSR count). The molecule has 0 saturated heterocycles. The number of aliphatic hydroxyl groups excluding tert-OH is 1. The highest BCUT2D eigenvalue weighted by atomic mass is 32.2. The summed E-state index contributed by atoms with van der Waals surface area (Å²) in [7, 11) is 0. The Morgan fingerprint density at radius 3 is 2.23 bits per heavy atom. The van der Waals surface area contributed by atoms with Crippen molar-refractivity contribution in [3.05, 3.63) is 70.3 Å². The van der Waals surface area contributed by atoms with E-state index in [2.05, 4.69) is 11.9 Å². The first-order chi connectivity index (χ1) is 19.0. The van der Waals surface area contributed by atoms with Crippen molar-refractivity contribution in [3.8, 4) is 11.5 Å². The second-order valence-electron chi connectivity index (χ2n) is 8.22. The number of carbonyl (C=O) groups excluding carboxylic acids is 1. The molecule has 0 unspecified atom stereocenters. The smallest absolute Gasteiger partial charge is 0.344 e. The Balaban J connectivity index is 1.60. The van der Waals surface area contributed by atoms with Crippen LogP contribution in [0.2, 0.25) is 0 Å². The molecule has 39 heavy (non-hydrogen) atoms. The van der Waals surface area contributed by atoms with Crippen LogP contribution in [0.3, 0.4) is 0 Å². The molecule has 2 N–H and O–H groups in total. The lowest BCUT2D eigenvalue weighted by Gasteiger charge is -2.10. The molecule has 0 amide bonds. The van der Waals surface area contributed by atoms with E-state index in [4.69, 9.17) is 23.7 Å². The molecule has 0 fully saturated rings. The van der Waals surface area contributed by atoms with Crippen LogP contribution in [-0.4, -0.2) is 74.1 Å². The first-order valence-electron chi connectivity index (χ1n) is 12.9. The number of aliphatic hydroxyl groups is 1. The molecule has 10 heteroatoms. The number of aromatic hydroxyl groups is 1. The third-order valence-corrected chi connectivity index (χ3v) is 6.24. The van der Waals surface area contributed by atoms with Crippen LogP contribution in [0.15, 0.2) is 69.8 Å². The number of esters is 1. The number of ether oxygens (including phenoxy) is 5. The zero-order chi connectivity index (χ0) is 27.9. The Morgan fingerprint density at radius 1 is 0.897 bits per heavy atom. The Hall–Kier alpha value is -3.31. The van der Waals surface area contributed by atoms with Crippen LogP contribution >= 0.6 is 11.8 Å². The number of thioether (sulfide) groups is 1. The van der Waals surface area contributed by atoms with Crippen LogP contribution in [0.5, 0.6) is 11.5 Å². The lowest BCUT2D eigenvalue weighted by atomic mass is 10.1. The summed E-state index contributed by atoms with van der Waals surface area (Å²) in [6.07, 6.45) is 2.68. The summed E-state index contributed by atoms with van der Waals surface area (Å²) in [4.78, 5) is 17.6. The molecule has 0 atom stereocenters. The molecule has 0 spiro atoms. The van der Waals surface area contributed by atoms with Gasteiger partial charge in [-0.25, -0.2) is 9.79 Å². The van der Waals surface area contributed by atoms with Gasteiger partial charge >= 0.3 is 5.97 Å². The number of hydrogen-bond donors (Lipinski definition) is 2. The average Bonchev–Trinajstić information content (AvgIpc) is 3.23. The van der Waals surface area contributed by atoms with E-state index < -0.39 is 5.97 Å². The van der Waals surface area contributed by atoms with Crippen molar-refractivity contribution in [1.29, 1.82) is 0 Å². The van der Waals surface area contributed by atoms with Gasteiger partial charge < -0.3 is 33.9 Å². The van der Waals surface area contributed by atoms with Crippen LogP contribution in [-0.2, 0) is 23.7 Å². The molecule has 2 aromatic rings. The van der Waals surface area contributed by atoms with Crippen LogP contribution in [0.25, 0.3) is 6.08 Å². The topological polar surface area (TPSA) is 116 Å². The van der Waals surface area contributed by atoms with E-state index in [1.54, 1.807) is 37.3 Å². The summed E-state index contributed by atoms with van der Waals surface area (Å²) in [5.74, 6) is -0.612. The van der Waals surface area contributed by atoms with Gasteiger partial charge in [0.2, 0.25) is 0 Å². The lowest BCUT2D eigenvalue weighted by molar-refractivity contribution is -0.138. The van der Waals surface area contributed by atoms with Crippen LogP contribution in [0, 0.1) is 0 Å². The first-order valence-corrected chi connectivity index (χ1v) is 13.7. The monoisotopic (exact) mass is 557 g/mol. The molecule has 0 aromatic heterocycles. The number of nitrogens with zero attached hydrogens (tertiary/aromatic N) is 1. The largest absolute Gasteiger partial charge is 0.506 e. The Morgan fingerprint density at radius 2 is 1.56 bits per heavy atom. The van der Waals surface area contributed by atoms with E-state index in [9.17, 15) is 15.0 Å². The van der Waals surface area contributed by atoms with Crippen LogP contribution in [0.4, 0.5) is 5.69 Å². The quantitative estimate of drug-likeness (QED) is 0.206. The molecule has 2 aromatic carbocycles. The lowest BCUT2D eigenvalue weighted by Crippen LogP contribution is -2.13. The van der Waals surface area contributed by atoms with Crippen molar-refractivity contribution in [2.45, 2.75) is 20.3 Å². The molecule has 0 aliphatic carbocycles. The molecule has 0 bridgehead atoms. The SMILES string of the molecule is CCCOCCOCCOCCOc1cc(/C=C2\SC(=Nc3ccccc3)C(C(=O)OCC)=C2O)ccc1O. The zero-order valence-corrected chi connectivity index (χ0v) is 23.1. The minimum Gasteiger partial charge on any atom is -0.506 e. The number of carbonyl (C=O) groups is 1. The molecule has 0 saturated carbocycles. The minimum atomic E-state index is -0.648. The second kappa shape index (κ2) is 16.6. The molecule has 9 nitrogen and oxygen atoms in total. The van der Waals surface area contributed by atoms with Gasteiger partial charge in [0.1, 0.15) is 23.0 Å². The molecule has 210 valence electrons. The highest BCUT2D eigenvalue weighted by Gasteiger charge is 2.33. The summed E-state index contributed by atoms with van der Waals surface area (Å²) in [6, 6.07) is 14.0. The molecule has 0 radical (unpaired) electrons. The van der Waals surface area contributed by atoms with E-state index in [-0.39, 0.29) is 36.0 Å². The highest BCUT2D eigenvalue weighted by Crippen LogP contribution is 2.41. The number of hydrogen-bond acceptors (Lipinski definition) is 10. The zero-order valence-electron chi connectivity index (χ0n) is 22.3. The molecule has 1 aliphatic heterocycles. The van der Waals surface area contributed by atoms with Crippen molar-refractivity contribution in [3.63, 3.8) is 0 Å². The van der Waals surface area contributed by atoms with Gasteiger partial charge in [0.25, 0.3) is 0 Å². The summed E-state index contributed by atoms with van der Waals surface area (Å²) in [5.41, 5.74) is 1.31. The normalized spacial score (nSPS) is 15.3. The fourth-order valence-corrected chi connectivity index (χ4v) is 4.43. The average molecular weight is 558 g/mol. The van der Waals surface area contributed by atoms with Gasteiger partial charge in [-0.3, -0.25) is 0 Å². The molecule has 1 heterocycles. The second-order valence-corrected chi connectivity index (χ2v) is 9.25. The van der Waals surface area contributed by atoms with E-state index in [0.29, 0.717) is 54.2 Å². The van der Waals surface area contributed by atoms with E-state index in [1.165, 1.54) is 6.07 Å². The fourth-order valence-electron chi connectivity index (χ4n) is 3.40. The molecular weight excluding hydrogens is 522 g/mol. The Kier molecular flexibility index (Phi) is 12.9. The first kappa shape index (κ1) is 30.2. The van der Waals surface area contributed by atoms with Crippen molar-refractivity contribution < 1.29 is 38.7 Å². The fraction of sp³-hybridized carbons (Fsp3) is 0.379. The number of phenolic OH excluding ortho intramolecular Hbond substituents is 1. The Bertz CT molecular complexity index is 1160. The highest BCUT2D eigenvalue weighted by molar-refractivity contribution is 8.18. The summed E-state index contributed by atoms with van der Waals surface area (Å²) in [5, 5.41) is 21.5. The number of phenols is 1. The van der Waals surface area contributed by atoms with E-state index >= 15 is 0 Å². The number of aliphatic imine (C=N–C) groups is 1. The standard InChI is InChI=1S/C29H35NO8S/c1-3-12-34-13-14-35-15-16-36-17-18-38-24-19-21(10-11-23(24)31)20-25-27(32)26(29(33)37-4-2)28(39-25)30-22-8-6-5-7-9-22/h5-11,19-20,31-32H,3-4,12-18H2,1-2H3/b25-20-,30-28?. The summed E-state index contributed by atoms with van der Waals surface area (Å²) in [6.45, 7) is 7.19. The predicted octanol–water partition coefficient (Wildman–Crippen LogP) is 5.42. The van der Waals surface area contributed by atoms with Crippen molar-refractivity contribution in [2.75, 3.05) is 52.9 Å². The number of para-hydroxylation sites is 1. The maximum Gasteiger partial charge on any atom is 0.344 e. The minimum absolute atomic E-state index is 0.0156. The number of rotatable bonds is 16. The van der Waals surface area contributed by atoms with Crippen molar-refractivity contribution in [2.24, 2.45) is 4.99 Å². The maximum absolute atomic E-state index is 12.6. The summed E-state index contributed by atoms with van der Waals surface area (Å²) >= 11 is 1.16.